The summed E-state index contributed by atoms with van der Waals surface area (Å²) in [6.45, 7) is 10.8. The van der Waals surface area contributed by atoms with Gasteiger partial charge in [0.05, 0.1) is 6.54 Å². The van der Waals surface area contributed by atoms with Gasteiger partial charge in [-0.05, 0) is 39.9 Å². The predicted octanol–water partition coefficient (Wildman–Crippen LogP) is 2.19. The summed E-state index contributed by atoms with van der Waals surface area (Å²) in [5.41, 5.74) is 0. The molecule has 0 aromatic rings. The van der Waals surface area contributed by atoms with Crippen LogP contribution in [0.5, 0.6) is 0 Å². The third-order valence-electron chi connectivity index (χ3n) is 2.90. The lowest BCUT2D eigenvalue weighted by Gasteiger charge is -2.24. The van der Waals surface area contributed by atoms with E-state index in [1.807, 2.05) is 11.8 Å². The van der Waals surface area contributed by atoms with Gasteiger partial charge in [0, 0.05) is 24.4 Å². The summed E-state index contributed by atoms with van der Waals surface area (Å²) in [6, 6.07) is 0. The van der Waals surface area contributed by atoms with Crippen LogP contribution in [0.2, 0.25) is 0 Å². The molecule has 0 aromatic heterocycles. The van der Waals surface area contributed by atoms with E-state index < -0.39 is 0 Å². The van der Waals surface area contributed by atoms with Crippen LogP contribution in [-0.2, 0) is 0 Å². The smallest absolute Gasteiger partial charge is 0.193 e. The molecule has 4 heteroatoms. The van der Waals surface area contributed by atoms with E-state index in [1.54, 1.807) is 0 Å². The lowest BCUT2D eigenvalue weighted by atomic mass is 10.2. The van der Waals surface area contributed by atoms with E-state index >= 15 is 0 Å². The summed E-state index contributed by atoms with van der Waals surface area (Å²) >= 11 is 1.88. The molecular formula is C12H25N3S. The fraction of sp³-hybridized carbons (Fsp3) is 0.917. The lowest BCUT2D eigenvalue weighted by molar-refractivity contribution is 0.492. The van der Waals surface area contributed by atoms with E-state index in [-0.39, 0.29) is 4.75 Å². The van der Waals surface area contributed by atoms with Crippen molar-refractivity contribution in [3.63, 3.8) is 0 Å². The fourth-order valence-corrected chi connectivity index (χ4v) is 1.88. The van der Waals surface area contributed by atoms with Crippen molar-refractivity contribution in [3.8, 4) is 0 Å². The van der Waals surface area contributed by atoms with Crippen molar-refractivity contribution < 1.29 is 0 Å². The Hall–Kier alpha value is -0.380. The molecule has 1 N–H and O–H groups in total. The van der Waals surface area contributed by atoms with Gasteiger partial charge >= 0.3 is 0 Å². The van der Waals surface area contributed by atoms with Crippen LogP contribution in [0.4, 0.5) is 0 Å². The molecular weight excluding hydrogens is 218 g/mol. The lowest BCUT2D eigenvalue weighted by Crippen LogP contribution is -2.40. The Balaban J connectivity index is 2.57. The molecule has 1 aliphatic heterocycles. The van der Waals surface area contributed by atoms with Gasteiger partial charge in [-0.3, -0.25) is 4.99 Å². The van der Waals surface area contributed by atoms with Crippen molar-refractivity contribution >= 4 is 17.7 Å². The van der Waals surface area contributed by atoms with Gasteiger partial charge in [0.15, 0.2) is 5.96 Å². The standard InChI is InChI=1S/C12H25N3S/c1-5-13-11(15-8-6-7-9-15)14-10-12(2,3)16-4/h5-10H2,1-4H3,(H,13,14). The third-order valence-corrected chi connectivity index (χ3v) is 4.14. The maximum atomic E-state index is 4.75. The molecule has 0 spiro atoms. The second-order valence-corrected chi connectivity index (χ2v) is 6.34. The topological polar surface area (TPSA) is 27.6 Å². The van der Waals surface area contributed by atoms with E-state index in [9.17, 15) is 0 Å². The molecule has 0 amide bonds. The van der Waals surface area contributed by atoms with E-state index in [0.29, 0.717) is 0 Å². The van der Waals surface area contributed by atoms with E-state index in [2.05, 4.69) is 37.2 Å². The first-order valence-corrected chi connectivity index (χ1v) is 7.40. The predicted molar refractivity (Wildman–Crippen MR) is 74.4 cm³/mol. The Labute approximate surface area is 104 Å². The zero-order valence-electron chi connectivity index (χ0n) is 11.0. The number of hydrogen-bond donors (Lipinski definition) is 1. The van der Waals surface area contributed by atoms with E-state index in [0.717, 1.165) is 32.1 Å². The van der Waals surface area contributed by atoms with Crippen molar-refractivity contribution in [3.05, 3.63) is 0 Å². The summed E-state index contributed by atoms with van der Waals surface area (Å²) in [6.07, 6.45) is 4.75. The van der Waals surface area contributed by atoms with Gasteiger partial charge in [-0.2, -0.15) is 11.8 Å². The number of likely N-dealkylation sites (tertiary alicyclic amines) is 1. The summed E-state index contributed by atoms with van der Waals surface area (Å²) < 4.78 is 0.237. The van der Waals surface area contributed by atoms with Crippen molar-refractivity contribution in [2.75, 3.05) is 32.4 Å². The third kappa shape index (κ3) is 4.24. The number of thioether (sulfide) groups is 1. The van der Waals surface area contributed by atoms with Gasteiger partial charge in [-0.1, -0.05) is 0 Å². The highest BCUT2D eigenvalue weighted by molar-refractivity contribution is 7.99. The molecule has 1 aliphatic rings. The van der Waals surface area contributed by atoms with Gasteiger partial charge in [0.2, 0.25) is 0 Å². The Morgan fingerprint density at radius 1 is 1.38 bits per heavy atom. The van der Waals surface area contributed by atoms with Crippen LogP contribution in [0.15, 0.2) is 4.99 Å². The average Bonchev–Trinajstić information content (AvgIpc) is 2.77. The molecule has 0 radical (unpaired) electrons. The van der Waals surface area contributed by atoms with Gasteiger partial charge in [0.25, 0.3) is 0 Å². The van der Waals surface area contributed by atoms with Crippen LogP contribution < -0.4 is 5.32 Å². The van der Waals surface area contributed by atoms with Gasteiger partial charge in [-0.15, -0.1) is 0 Å². The maximum Gasteiger partial charge on any atom is 0.193 e. The first-order valence-electron chi connectivity index (χ1n) is 6.17. The largest absolute Gasteiger partial charge is 0.357 e. The summed E-state index contributed by atoms with van der Waals surface area (Å²) in [5.74, 6) is 1.10. The molecule has 0 unspecified atom stereocenters. The van der Waals surface area contributed by atoms with Crippen LogP contribution in [0, 0.1) is 0 Å². The minimum atomic E-state index is 0.237. The number of aliphatic imine (C=N–C) groups is 1. The fourth-order valence-electron chi connectivity index (χ4n) is 1.68. The zero-order chi connectivity index (χ0) is 12.0. The van der Waals surface area contributed by atoms with Crippen molar-refractivity contribution in [1.82, 2.24) is 10.2 Å². The number of hydrogen-bond acceptors (Lipinski definition) is 2. The Kier molecular flexibility index (Phi) is 5.46. The van der Waals surface area contributed by atoms with Crippen LogP contribution >= 0.6 is 11.8 Å². The van der Waals surface area contributed by atoms with Crippen LogP contribution in [0.3, 0.4) is 0 Å². The summed E-state index contributed by atoms with van der Waals surface area (Å²) in [4.78, 5) is 7.12. The number of nitrogens with one attached hydrogen (secondary N) is 1. The van der Waals surface area contributed by atoms with Gasteiger partial charge < -0.3 is 10.2 Å². The molecule has 94 valence electrons. The number of nitrogens with zero attached hydrogens (tertiary/aromatic N) is 2. The van der Waals surface area contributed by atoms with Crippen molar-refractivity contribution in [1.29, 1.82) is 0 Å². The molecule has 1 rings (SSSR count). The molecule has 0 aliphatic carbocycles. The Bertz CT molecular complexity index is 232. The first-order chi connectivity index (χ1) is 7.59. The highest BCUT2D eigenvalue weighted by Crippen LogP contribution is 2.21. The van der Waals surface area contributed by atoms with Crippen LogP contribution in [-0.4, -0.2) is 48.0 Å². The zero-order valence-corrected chi connectivity index (χ0v) is 11.9. The highest BCUT2D eigenvalue weighted by atomic mass is 32.2. The molecule has 0 bridgehead atoms. The molecule has 3 nitrogen and oxygen atoms in total. The first kappa shape index (κ1) is 13.7. The summed E-state index contributed by atoms with van der Waals surface area (Å²) in [7, 11) is 0. The SMILES string of the molecule is CCNC(=NCC(C)(C)SC)N1CCCC1. The molecule has 16 heavy (non-hydrogen) atoms. The molecule has 0 atom stereocenters. The average molecular weight is 243 g/mol. The van der Waals surface area contributed by atoms with Gasteiger partial charge in [0.1, 0.15) is 0 Å². The van der Waals surface area contributed by atoms with Crippen LogP contribution in [0.25, 0.3) is 0 Å². The molecule has 0 aromatic carbocycles. The molecule has 1 saturated heterocycles. The number of guanidine groups is 1. The maximum absolute atomic E-state index is 4.75. The van der Waals surface area contributed by atoms with Crippen LogP contribution in [0.1, 0.15) is 33.6 Å². The van der Waals surface area contributed by atoms with Crippen molar-refractivity contribution in [2.24, 2.45) is 4.99 Å². The monoisotopic (exact) mass is 243 g/mol. The van der Waals surface area contributed by atoms with Crippen molar-refractivity contribution in [2.45, 2.75) is 38.4 Å². The number of rotatable bonds is 4. The van der Waals surface area contributed by atoms with Gasteiger partial charge in [-0.25, -0.2) is 0 Å². The Morgan fingerprint density at radius 2 is 2.00 bits per heavy atom. The summed E-state index contributed by atoms with van der Waals surface area (Å²) in [5, 5.41) is 3.39. The minimum absolute atomic E-state index is 0.237. The quantitative estimate of drug-likeness (QED) is 0.606. The van der Waals surface area contributed by atoms with E-state index in [1.165, 1.54) is 12.8 Å². The normalized spacial score (nSPS) is 18.0. The van der Waals surface area contributed by atoms with E-state index in [4.69, 9.17) is 4.99 Å². The second-order valence-electron chi connectivity index (χ2n) is 4.83. The minimum Gasteiger partial charge on any atom is -0.357 e. The Morgan fingerprint density at radius 3 is 2.50 bits per heavy atom. The highest BCUT2D eigenvalue weighted by Gasteiger charge is 2.19. The molecule has 1 heterocycles. The molecule has 0 saturated carbocycles. The second kappa shape index (κ2) is 6.38. The molecule has 1 fully saturated rings.